The third-order valence-electron chi connectivity index (χ3n) is 1.95. The molecule has 0 atom stereocenters. The van der Waals surface area contributed by atoms with Crippen molar-refractivity contribution in [2.75, 3.05) is 11.9 Å². The van der Waals surface area contributed by atoms with Crippen LogP contribution in [0.4, 0.5) is 5.69 Å². The van der Waals surface area contributed by atoms with Crippen molar-refractivity contribution in [1.29, 1.82) is 5.26 Å². The average molecular weight is 296 g/mol. The number of hydrogen-bond acceptors (Lipinski definition) is 3. The van der Waals surface area contributed by atoms with Crippen molar-refractivity contribution in [2.45, 2.75) is 6.92 Å². The number of aryl methyl sites for hydroxylation is 1. The second-order valence-corrected chi connectivity index (χ2v) is 4.11. The molecule has 1 rings (SSSR count). The smallest absolute Gasteiger partial charge is 0.313 e. The number of nitrogens with one attached hydrogen (secondary N) is 2. The molecule has 0 fully saturated rings. The fraction of sp³-hybridized carbons (Fsp3) is 0.182. The van der Waals surface area contributed by atoms with Crippen molar-refractivity contribution in [3.05, 3.63) is 28.2 Å². The summed E-state index contributed by atoms with van der Waals surface area (Å²) in [6.07, 6.45) is 0. The predicted molar refractivity (Wildman–Crippen MR) is 66.1 cm³/mol. The molecule has 0 spiro atoms. The summed E-state index contributed by atoms with van der Waals surface area (Å²) in [4.78, 5) is 22.5. The molecule has 0 bridgehead atoms. The maximum absolute atomic E-state index is 11.4. The van der Waals surface area contributed by atoms with Gasteiger partial charge in [-0.2, -0.15) is 5.26 Å². The monoisotopic (exact) mass is 295 g/mol. The van der Waals surface area contributed by atoms with Gasteiger partial charge in [0.05, 0.1) is 6.07 Å². The lowest BCUT2D eigenvalue weighted by Crippen LogP contribution is -2.35. The molecule has 5 nitrogen and oxygen atoms in total. The van der Waals surface area contributed by atoms with Crippen molar-refractivity contribution in [2.24, 2.45) is 0 Å². The number of carbonyl (C=O) groups is 2. The van der Waals surface area contributed by atoms with E-state index >= 15 is 0 Å². The second kappa shape index (κ2) is 6.01. The summed E-state index contributed by atoms with van der Waals surface area (Å²) in [6, 6.07) is 6.90. The Morgan fingerprint density at radius 3 is 2.71 bits per heavy atom. The molecule has 1 aromatic carbocycles. The normalized spacial score (nSPS) is 9.24. The molecule has 0 saturated heterocycles. The third-order valence-corrected chi connectivity index (χ3v) is 2.84. The minimum absolute atomic E-state index is 0.189. The van der Waals surface area contributed by atoms with Gasteiger partial charge in [0.2, 0.25) is 0 Å². The van der Waals surface area contributed by atoms with Crippen LogP contribution in [0.1, 0.15) is 5.56 Å². The summed E-state index contributed by atoms with van der Waals surface area (Å²) in [6.45, 7) is 1.68. The Hall–Kier alpha value is -1.87. The fourth-order valence-corrected chi connectivity index (χ4v) is 1.36. The summed E-state index contributed by atoms with van der Waals surface area (Å²) < 4.78 is 0.921. The molecule has 0 aliphatic heterocycles. The van der Waals surface area contributed by atoms with Crippen molar-refractivity contribution < 1.29 is 9.59 Å². The number of hydrogen-bond donors (Lipinski definition) is 2. The molecule has 0 radical (unpaired) electrons. The summed E-state index contributed by atoms with van der Waals surface area (Å²) in [5.41, 5.74) is 1.48. The lowest BCUT2D eigenvalue weighted by Gasteiger charge is -2.06. The van der Waals surface area contributed by atoms with Crippen LogP contribution in [0.25, 0.3) is 0 Å². The highest BCUT2D eigenvalue weighted by Crippen LogP contribution is 2.19. The molecular weight excluding hydrogens is 286 g/mol. The van der Waals surface area contributed by atoms with Gasteiger partial charge in [0.15, 0.2) is 0 Å². The van der Waals surface area contributed by atoms with Gasteiger partial charge in [-0.15, -0.1) is 0 Å². The number of rotatable bonds is 2. The molecule has 88 valence electrons. The topological polar surface area (TPSA) is 82.0 Å². The van der Waals surface area contributed by atoms with Crippen molar-refractivity contribution in [3.8, 4) is 6.07 Å². The van der Waals surface area contributed by atoms with Gasteiger partial charge in [-0.1, -0.05) is 15.9 Å². The van der Waals surface area contributed by atoms with E-state index in [4.69, 9.17) is 5.26 Å². The van der Waals surface area contributed by atoms with Gasteiger partial charge in [0.1, 0.15) is 6.54 Å². The van der Waals surface area contributed by atoms with Crippen LogP contribution in [-0.2, 0) is 9.59 Å². The van der Waals surface area contributed by atoms with Crippen LogP contribution in [0.15, 0.2) is 22.7 Å². The zero-order valence-electron chi connectivity index (χ0n) is 9.08. The zero-order chi connectivity index (χ0) is 12.8. The molecule has 0 unspecified atom stereocenters. The van der Waals surface area contributed by atoms with Crippen LogP contribution in [0.2, 0.25) is 0 Å². The summed E-state index contributed by atoms with van der Waals surface area (Å²) in [5, 5.41) is 12.8. The van der Waals surface area contributed by atoms with E-state index in [1.807, 2.05) is 6.92 Å². The van der Waals surface area contributed by atoms with E-state index in [9.17, 15) is 9.59 Å². The van der Waals surface area contributed by atoms with Crippen molar-refractivity contribution in [3.63, 3.8) is 0 Å². The minimum Gasteiger partial charge on any atom is -0.335 e. The first-order valence-corrected chi connectivity index (χ1v) is 5.56. The van der Waals surface area contributed by atoms with E-state index in [1.165, 1.54) is 0 Å². The molecular formula is C11H10BrN3O2. The van der Waals surface area contributed by atoms with E-state index < -0.39 is 11.8 Å². The predicted octanol–water partition coefficient (Wildman–Crippen LogP) is 1.34. The maximum Gasteiger partial charge on any atom is 0.313 e. The average Bonchev–Trinajstić information content (AvgIpc) is 2.30. The van der Waals surface area contributed by atoms with Crippen LogP contribution >= 0.6 is 15.9 Å². The second-order valence-electron chi connectivity index (χ2n) is 3.26. The quantitative estimate of drug-likeness (QED) is 0.638. The highest BCUT2D eigenvalue weighted by atomic mass is 79.9. The van der Waals surface area contributed by atoms with E-state index in [2.05, 4.69) is 26.6 Å². The van der Waals surface area contributed by atoms with E-state index in [-0.39, 0.29) is 6.54 Å². The van der Waals surface area contributed by atoms with Crippen LogP contribution < -0.4 is 10.6 Å². The van der Waals surface area contributed by atoms with Crippen LogP contribution in [0, 0.1) is 18.3 Å². The Labute approximate surface area is 107 Å². The minimum atomic E-state index is -0.827. The lowest BCUT2D eigenvalue weighted by atomic mass is 10.2. The van der Waals surface area contributed by atoms with Gasteiger partial charge >= 0.3 is 11.8 Å². The van der Waals surface area contributed by atoms with E-state index in [0.717, 1.165) is 10.0 Å². The molecule has 0 aliphatic rings. The first-order chi connectivity index (χ1) is 8.04. The van der Waals surface area contributed by atoms with Crippen LogP contribution in [-0.4, -0.2) is 18.4 Å². The zero-order valence-corrected chi connectivity index (χ0v) is 10.7. The van der Waals surface area contributed by atoms with Crippen molar-refractivity contribution in [1.82, 2.24) is 5.32 Å². The Bertz CT molecular complexity index is 494. The molecule has 6 heteroatoms. The van der Waals surface area contributed by atoms with Gasteiger partial charge in [-0.25, -0.2) is 0 Å². The summed E-state index contributed by atoms with van der Waals surface area (Å²) in [5.74, 6) is -1.62. The third kappa shape index (κ3) is 3.89. The fourth-order valence-electron chi connectivity index (χ4n) is 1.11. The number of benzene rings is 1. The van der Waals surface area contributed by atoms with E-state index in [0.29, 0.717) is 5.69 Å². The molecule has 17 heavy (non-hydrogen) atoms. The molecule has 0 saturated carbocycles. The molecule has 0 aromatic heterocycles. The van der Waals surface area contributed by atoms with Gasteiger partial charge in [0.25, 0.3) is 0 Å². The Morgan fingerprint density at radius 1 is 1.41 bits per heavy atom. The lowest BCUT2D eigenvalue weighted by molar-refractivity contribution is -0.136. The molecule has 2 N–H and O–H groups in total. The SMILES string of the molecule is Cc1cc(NC(=O)C(=O)NCC#N)ccc1Br. The van der Waals surface area contributed by atoms with Crippen LogP contribution in [0.5, 0.6) is 0 Å². The Kier molecular flexibility index (Phi) is 4.67. The Balaban J connectivity index is 2.65. The van der Waals surface area contributed by atoms with Crippen LogP contribution in [0.3, 0.4) is 0 Å². The van der Waals surface area contributed by atoms with Gasteiger partial charge in [-0.05, 0) is 30.7 Å². The molecule has 0 heterocycles. The van der Waals surface area contributed by atoms with Crippen molar-refractivity contribution >= 4 is 33.4 Å². The first-order valence-electron chi connectivity index (χ1n) is 4.77. The number of halogens is 1. The van der Waals surface area contributed by atoms with Gasteiger partial charge in [-0.3, -0.25) is 9.59 Å². The van der Waals surface area contributed by atoms with E-state index in [1.54, 1.807) is 24.3 Å². The number of nitrogens with zero attached hydrogens (tertiary/aromatic N) is 1. The number of carbonyl (C=O) groups excluding carboxylic acids is 2. The van der Waals surface area contributed by atoms with Gasteiger partial charge < -0.3 is 10.6 Å². The first kappa shape index (κ1) is 13.2. The number of anilines is 1. The molecule has 0 aliphatic carbocycles. The number of amides is 2. The standard InChI is InChI=1S/C11H10BrN3O2/c1-7-6-8(2-3-9(7)12)15-11(17)10(16)14-5-4-13/h2-3,6H,5H2,1H3,(H,14,16)(H,15,17). The highest BCUT2D eigenvalue weighted by molar-refractivity contribution is 9.10. The number of nitriles is 1. The maximum atomic E-state index is 11.4. The summed E-state index contributed by atoms with van der Waals surface area (Å²) >= 11 is 3.33. The Morgan fingerprint density at radius 2 is 2.12 bits per heavy atom. The highest BCUT2D eigenvalue weighted by Gasteiger charge is 2.12. The van der Waals surface area contributed by atoms with Gasteiger partial charge in [0, 0.05) is 10.2 Å². The largest absolute Gasteiger partial charge is 0.335 e. The molecule has 2 amide bonds. The summed E-state index contributed by atoms with van der Waals surface area (Å²) in [7, 11) is 0. The molecule has 1 aromatic rings.